The highest BCUT2D eigenvalue weighted by Gasteiger charge is 2.18. The highest BCUT2D eigenvalue weighted by molar-refractivity contribution is 6.33. The van der Waals surface area contributed by atoms with Crippen LogP contribution < -0.4 is 10.2 Å². The Hall–Kier alpha value is -1.75. The van der Waals surface area contributed by atoms with Crippen molar-refractivity contribution in [2.24, 2.45) is 0 Å². The average molecular weight is 378 g/mol. The lowest BCUT2D eigenvalue weighted by Gasteiger charge is -2.36. The molecule has 2 aromatic carbocycles. The molecule has 1 saturated heterocycles. The van der Waals surface area contributed by atoms with E-state index in [1.165, 1.54) is 0 Å². The molecule has 2 aromatic rings. The van der Waals surface area contributed by atoms with Gasteiger partial charge in [-0.05, 0) is 30.3 Å². The van der Waals surface area contributed by atoms with Gasteiger partial charge in [-0.1, -0.05) is 41.4 Å². The van der Waals surface area contributed by atoms with E-state index >= 15 is 0 Å². The molecule has 1 heterocycles. The van der Waals surface area contributed by atoms with E-state index in [1.54, 1.807) is 6.07 Å². The second-order valence-corrected chi connectivity index (χ2v) is 6.93. The van der Waals surface area contributed by atoms with Crippen LogP contribution in [0.4, 0.5) is 11.4 Å². The van der Waals surface area contributed by atoms with E-state index in [-0.39, 0.29) is 5.91 Å². The van der Waals surface area contributed by atoms with E-state index in [0.717, 1.165) is 43.4 Å². The highest BCUT2D eigenvalue weighted by atomic mass is 35.5. The molecule has 0 aromatic heterocycles. The first-order chi connectivity index (χ1) is 12.1. The van der Waals surface area contributed by atoms with Crippen LogP contribution in [-0.2, 0) is 4.79 Å². The van der Waals surface area contributed by atoms with Crippen molar-refractivity contribution in [1.29, 1.82) is 0 Å². The van der Waals surface area contributed by atoms with Crippen molar-refractivity contribution in [3.05, 3.63) is 58.6 Å². The molecule has 25 heavy (non-hydrogen) atoms. The summed E-state index contributed by atoms with van der Waals surface area (Å²) in [5, 5.41) is 4.19. The van der Waals surface area contributed by atoms with Crippen LogP contribution in [0.1, 0.15) is 6.42 Å². The number of hydrogen-bond acceptors (Lipinski definition) is 3. The minimum atomic E-state index is -0.00892. The summed E-state index contributed by atoms with van der Waals surface area (Å²) in [7, 11) is 0. The first-order valence-electron chi connectivity index (χ1n) is 8.39. The van der Waals surface area contributed by atoms with E-state index in [1.807, 2.05) is 36.4 Å². The third-order valence-corrected chi connectivity index (χ3v) is 4.91. The monoisotopic (exact) mass is 377 g/mol. The Balaban J connectivity index is 1.43. The Bertz CT molecular complexity index is 730. The van der Waals surface area contributed by atoms with E-state index in [4.69, 9.17) is 23.2 Å². The van der Waals surface area contributed by atoms with Crippen molar-refractivity contribution in [2.45, 2.75) is 6.42 Å². The summed E-state index contributed by atoms with van der Waals surface area (Å²) in [6.07, 6.45) is 0.461. The van der Waals surface area contributed by atoms with Gasteiger partial charge in [-0.25, -0.2) is 0 Å². The fourth-order valence-electron chi connectivity index (χ4n) is 2.94. The molecule has 0 aliphatic carbocycles. The van der Waals surface area contributed by atoms with Crippen molar-refractivity contribution in [1.82, 2.24) is 4.90 Å². The maximum absolute atomic E-state index is 12.1. The van der Waals surface area contributed by atoms with E-state index in [2.05, 4.69) is 21.2 Å². The average Bonchev–Trinajstić information content (AvgIpc) is 2.62. The van der Waals surface area contributed by atoms with Crippen LogP contribution in [0, 0.1) is 0 Å². The molecule has 1 amide bonds. The Morgan fingerprint density at radius 1 is 1.00 bits per heavy atom. The van der Waals surface area contributed by atoms with E-state index in [0.29, 0.717) is 17.1 Å². The molecule has 3 rings (SSSR count). The molecule has 1 fully saturated rings. The molecule has 1 aliphatic heterocycles. The third kappa shape index (κ3) is 5.11. The molecule has 6 heteroatoms. The van der Waals surface area contributed by atoms with Crippen molar-refractivity contribution >= 4 is 40.5 Å². The normalized spacial score (nSPS) is 15.2. The quantitative estimate of drug-likeness (QED) is 0.849. The molecular weight excluding hydrogens is 357 g/mol. The number of carbonyl (C=O) groups excluding carboxylic acids is 1. The Morgan fingerprint density at radius 2 is 1.76 bits per heavy atom. The molecule has 1 N–H and O–H groups in total. The second kappa shape index (κ2) is 8.56. The summed E-state index contributed by atoms with van der Waals surface area (Å²) in [5.74, 6) is -0.00892. The zero-order chi connectivity index (χ0) is 17.6. The van der Waals surface area contributed by atoms with Gasteiger partial charge in [0.05, 0.1) is 10.7 Å². The molecule has 4 nitrogen and oxygen atoms in total. The standard InChI is InChI=1S/C19H21Cl2N3O/c20-15-4-3-5-16(14-15)24-12-10-23(11-13-24)9-8-19(25)22-18-7-2-1-6-17(18)21/h1-7,14H,8-13H2,(H,22,25). The van der Waals surface area contributed by atoms with Crippen molar-refractivity contribution in [2.75, 3.05) is 42.9 Å². The predicted molar refractivity (Wildman–Crippen MR) is 105 cm³/mol. The van der Waals surface area contributed by atoms with Gasteiger partial charge in [0.1, 0.15) is 0 Å². The molecule has 0 unspecified atom stereocenters. The summed E-state index contributed by atoms with van der Waals surface area (Å²) in [4.78, 5) is 16.7. The van der Waals surface area contributed by atoms with Crippen LogP contribution in [0.3, 0.4) is 0 Å². The maximum Gasteiger partial charge on any atom is 0.225 e. The molecule has 0 radical (unpaired) electrons. The zero-order valence-electron chi connectivity index (χ0n) is 13.9. The number of amides is 1. The van der Waals surface area contributed by atoms with Gasteiger partial charge in [0.25, 0.3) is 0 Å². The topological polar surface area (TPSA) is 35.6 Å². The number of anilines is 2. The minimum Gasteiger partial charge on any atom is -0.369 e. The van der Waals surface area contributed by atoms with Gasteiger partial charge in [-0.3, -0.25) is 9.69 Å². The van der Waals surface area contributed by atoms with Crippen LogP contribution >= 0.6 is 23.2 Å². The lowest BCUT2D eigenvalue weighted by molar-refractivity contribution is -0.116. The van der Waals surface area contributed by atoms with Gasteiger partial charge in [0.15, 0.2) is 0 Å². The summed E-state index contributed by atoms with van der Waals surface area (Å²) in [6.45, 7) is 4.50. The third-order valence-electron chi connectivity index (χ3n) is 4.35. The summed E-state index contributed by atoms with van der Waals surface area (Å²) in [5.41, 5.74) is 1.82. The number of para-hydroxylation sites is 1. The van der Waals surface area contributed by atoms with Gasteiger partial charge in [0, 0.05) is 49.9 Å². The molecule has 132 valence electrons. The molecule has 0 bridgehead atoms. The molecule has 0 spiro atoms. The first kappa shape index (κ1) is 18.1. The van der Waals surface area contributed by atoms with E-state index < -0.39 is 0 Å². The van der Waals surface area contributed by atoms with Crippen LogP contribution in [0.5, 0.6) is 0 Å². The van der Waals surface area contributed by atoms with Crippen LogP contribution in [0.2, 0.25) is 10.0 Å². The molecule has 0 atom stereocenters. The number of carbonyl (C=O) groups is 1. The number of benzene rings is 2. The number of piperazine rings is 1. The zero-order valence-corrected chi connectivity index (χ0v) is 15.4. The Labute approximate surface area is 158 Å². The van der Waals surface area contributed by atoms with Crippen molar-refractivity contribution in [3.63, 3.8) is 0 Å². The lowest BCUT2D eigenvalue weighted by atomic mass is 10.2. The maximum atomic E-state index is 12.1. The molecule has 0 saturated carbocycles. The number of rotatable bonds is 5. The highest BCUT2D eigenvalue weighted by Crippen LogP contribution is 2.22. The second-order valence-electron chi connectivity index (χ2n) is 6.09. The molecule has 1 aliphatic rings. The summed E-state index contributed by atoms with van der Waals surface area (Å²) in [6, 6.07) is 15.2. The number of halogens is 2. The predicted octanol–water partition coefficient (Wildman–Crippen LogP) is 4.14. The fraction of sp³-hybridized carbons (Fsp3) is 0.316. The first-order valence-corrected chi connectivity index (χ1v) is 9.15. The minimum absolute atomic E-state index is 0.00892. The number of hydrogen-bond donors (Lipinski definition) is 1. The van der Waals surface area contributed by atoms with E-state index in [9.17, 15) is 4.79 Å². The van der Waals surface area contributed by atoms with Crippen LogP contribution in [-0.4, -0.2) is 43.5 Å². The molecular formula is C19H21Cl2N3O. The van der Waals surface area contributed by atoms with Crippen molar-refractivity contribution < 1.29 is 4.79 Å². The number of nitrogens with zero attached hydrogens (tertiary/aromatic N) is 2. The van der Waals surface area contributed by atoms with Crippen LogP contribution in [0.25, 0.3) is 0 Å². The summed E-state index contributed by atoms with van der Waals surface area (Å²) < 4.78 is 0. The van der Waals surface area contributed by atoms with Gasteiger partial charge in [-0.15, -0.1) is 0 Å². The lowest BCUT2D eigenvalue weighted by Crippen LogP contribution is -2.47. The fourth-order valence-corrected chi connectivity index (χ4v) is 3.30. The van der Waals surface area contributed by atoms with Crippen LogP contribution in [0.15, 0.2) is 48.5 Å². The summed E-state index contributed by atoms with van der Waals surface area (Å²) >= 11 is 12.1. The smallest absolute Gasteiger partial charge is 0.225 e. The number of nitrogens with one attached hydrogen (secondary N) is 1. The SMILES string of the molecule is O=C(CCN1CCN(c2cccc(Cl)c2)CC1)Nc1ccccc1Cl. The van der Waals surface area contributed by atoms with Gasteiger partial charge < -0.3 is 10.2 Å². The Kier molecular flexibility index (Phi) is 6.19. The van der Waals surface area contributed by atoms with Crippen molar-refractivity contribution in [3.8, 4) is 0 Å². The van der Waals surface area contributed by atoms with Gasteiger partial charge in [0.2, 0.25) is 5.91 Å². The Morgan fingerprint density at radius 3 is 2.48 bits per heavy atom. The largest absolute Gasteiger partial charge is 0.369 e. The van der Waals surface area contributed by atoms with Gasteiger partial charge in [-0.2, -0.15) is 0 Å². The van der Waals surface area contributed by atoms with Gasteiger partial charge >= 0.3 is 0 Å².